The van der Waals surface area contributed by atoms with E-state index in [9.17, 15) is 9.59 Å². The van der Waals surface area contributed by atoms with Gasteiger partial charge in [-0.25, -0.2) is 0 Å². The van der Waals surface area contributed by atoms with Crippen LogP contribution in [0, 0.1) is 0 Å². The zero-order valence-electron chi connectivity index (χ0n) is 8.08. The van der Waals surface area contributed by atoms with Crippen LogP contribution in [-0.4, -0.2) is 23.5 Å². The summed E-state index contributed by atoms with van der Waals surface area (Å²) >= 11 is 0. The van der Waals surface area contributed by atoms with E-state index in [0.717, 1.165) is 19.3 Å². The Morgan fingerprint density at radius 1 is 1.50 bits per heavy atom. The quantitative estimate of drug-likeness (QED) is 0.512. The summed E-state index contributed by atoms with van der Waals surface area (Å²) in [5.74, 6) is -1.49. The first kappa shape index (κ1) is 10.8. The van der Waals surface area contributed by atoms with Crippen LogP contribution in [-0.2, 0) is 9.59 Å². The van der Waals surface area contributed by atoms with Crippen LogP contribution in [0.15, 0.2) is 11.6 Å². The molecule has 14 heavy (non-hydrogen) atoms. The Morgan fingerprint density at radius 3 is 2.86 bits per heavy atom. The highest BCUT2D eigenvalue weighted by Crippen LogP contribution is 2.19. The fourth-order valence-electron chi connectivity index (χ4n) is 1.53. The van der Waals surface area contributed by atoms with E-state index in [1.165, 1.54) is 12.0 Å². The maximum atomic E-state index is 10.9. The minimum Gasteiger partial charge on any atom is -0.481 e. The van der Waals surface area contributed by atoms with Gasteiger partial charge in [0, 0.05) is 6.54 Å². The van der Waals surface area contributed by atoms with Crippen LogP contribution in [0.2, 0.25) is 0 Å². The van der Waals surface area contributed by atoms with Gasteiger partial charge in [-0.3, -0.25) is 9.59 Å². The minimum atomic E-state index is -1.08. The summed E-state index contributed by atoms with van der Waals surface area (Å²) in [5, 5.41) is 10.9. The summed E-state index contributed by atoms with van der Waals surface area (Å²) < 4.78 is 0. The van der Waals surface area contributed by atoms with Crippen molar-refractivity contribution in [3.8, 4) is 0 Å². The fraction of sp³-hybridized carbons (Fsp3) is 0.600. The first-order valence-electron chi connectivity index (χ1n) is 4.85. The molecule has 0 aromatic rings. The molecule has 4 nitrogen and oxygen atoms in total. The molecular formula is C10H15NO3. The van der Waals surface area contributed by atoms with E-state index < -0.39 is 18.3 Å². The van der Waals surface area contributed by atoms with Gasteiger partial charge in [0.1, 0.15) is 6.42 Å². The molecular weight excluding hydrogens is 182 g/mol. The lowest BCUT2D eigenvalue weighted by molar-refractivity contribution is -0.140. The second-order valence-corrected chi connectivity index (χ2v) is 3.43. The lowest BCUT2D eigenvalue weighted by Gasteiger charge is -2.03. The number of allylic oxidation sites excluding steroid dienone is 1. The molecule has 0 atom stereocenters. The number of rotatable bonds is 5. The van der Waals surface area contributed by atoms with E-state index >= 15 is 0 Å². The van der Waals surface area contributed by atoms with Crippen molar-refractivity contribution in [1.29, 1.82) is 0 Å². The molecule has 0 heterocycles. The van der Waals surface area contributed by atoms with Crippen molar-refractivity contribution in [2.75, 3.05) is 6.54 Å². The van der Waals surface area contributed by atoms with Crippen molar-refractivity contribution in [2.45, 2.75) is 32.1 Å². The van der Waals surface area contributed by atoms with E-state index in [4.69, 9.17) is 5.11 Å². The summed E-state index contributed by atoms with van der Waals surface area (Å²) in [6.45, 7) is 0.554. The topological polar surface area (TPSA) is 66.4 Å². The van der Waals surface area contributed by atoms with Gasteiger partial charge in [-0.1, -0.05) is 11.6 Å². The number of carbonyl (C=O) groups is 2. The molecule has 4 heteroatoms. The average molecular weight is 197 g/mol. The molecule has 0 saturated carbocycles. The molecule has 78 valence electrons. The maximum Gasteiger partial charge on any atom is 0.312 e. The first-order chi connectivity index (χ1) is 6.68. The number of carbonyl (C=O) groups excluding carboxylic acids is 1. The molecule has 0 unspecified atom stereocenters. The van der Waals surface area contributed by atoms with Gasteiger partial charge >= 0.3 is 5.97 Å². The van der Waals surface area contributed by atoms with Gasteiger partial charge in [0.25, 0.3) is 0 Å². The number of carboxylic acid groups (broad SMARTS) is 1. The largest absolute Gasteiger partial charge is 0.481 e. The first-order valence-corrected chi connectivity index (χ1v) is 4.85. The lowest BCUT2D eigenvalue weighted by Crippen LogP contribution is -2.26. The third-order valence-electron chi connectivity index (χ3n) is 2.22. The molecule has 0 saturated heterocycles. The molecule has 0 radical (unpaired) electrons. The Morgan fingerprint density at radius 2 is 2.29 bits per heavy atom. The molecule has 1 aliphatic carbocycles. The second-order valence-electron chi connectivity index (χ2n) is 3.43. The zero-order valence-corrected chi connectivity index (χ0v) is 8.08. The smallest absolute Gasteiger partial charge is 0.312 e. The molecule has 0 bridgehead atoms. The summed E-state index contributed by atoms with van der Waals surface area (Å²) in [4.78, 5) is 21.1. The van der Waals surface area contributed by atoms with Crippen molar-refractivity contribution >= 4 is 11.9 Å². The fourth-order valence-corrected chi connectivity index (χ4v) is 1.53. The second kappa shape index (κ2) is 5.42. The van der Waals surface area contributed by atoms with Gasteiger partial charge in [0.15, 0.2) is 0 Å². The number of aliphatic carboxylic acids is 1. The minimum absolute atomic E-state index is 0.406. The predicted molar refractivity (Wildman–Crippen MR) is 51.8 cm³/mol. The van der Waals surface area contributed by atoms with Gasteiger partial charge in [0.05, 0.1) is 0 Å². The third kappa shape index (κ3) is 4.07. The van der Waals surface area contributed by atoms with Crippen LogP contribution >= 0.6 is 0 Å². The molecule has 2 N–H and O–H groups in total. The standard InChI is InChI=1S/C10H15NO3/c12-9(7-10(13)14)11-6-5-8-3-1-2-4-8/h3H,1-2,4-7H2,(H,11,12)(H,13,14). The van der Waals surface area contributed by atoms with Gasteiger partial charge in [-0.15, -0.1) is 0 Å². The number of carboxylic acids is 1. The molecule has 1 aliphatic rings. The maximum absolute atomic E-state index is 10.9. The Hall–Kier alpha value is -1.32. The number of hydrogen-bond acceptors (Lipinski definition) is 2. The van der Waals surface area contributed by atoms with Gasteiger partial charge in [-0.2, -0.15) is 0 Å². The summed E-state index contributed by atoms with van der Waals surface area (Å²) in [6, 6.07) is 0. The average Bonchev–Trinajstić information content (AvgIpc) is 2.55. The summed E-state index contributed by atoms with van der Waals surface area (Å²) in [5.41, 5.74) is 1.38. The molecule has 0 aromatic carbocycles. The van der Waals surface area contributed by atoms with Crippen molar-refractivity contribution < 1.29 is 14.7 Å². The van der Waals surface area contributed by atoms with Gasteiger partial charge in [-0.05, 0) is 25.7 Å². The highest BCUT2D eigenvalue weighted by molar-refractivity contribution is 5.93. The molecule has 1 amide bonds. The Labute approximate surface area is 83.0 Å². The van der Waals surface area contributed by atoms with E-state index in [1.807, 2.05) is 0 Å². The molecule has 0 aromatic heterocycles. The van der Waals surface area contributed by atoms with Crippen molar-refractivity contribution in [1.82, 2.24) is 5.32 Å². The summed E-state index contributed by atoms with van der Waals surface area (Å²) in [6.07, 6.45) is 6.08. The summed E-state index contributed by atoms with van der Waals surface area (Å²) in [7, 11) is 0. The Balaban J connectivity index is 2.08. The number of nitrogens with one attached hydrogen (secondary N) is 1. The lowest BCUT2D eigenvalue weighted by atomic mass is 10.2. The zero-order chi connectivity index (χ0) is 10.4. The van der Waals surface area contributed by atoms with Crippen LogP contribution in [0.5, 0.6) is 0 Å². The van der Waals surface area contributed by atoms with E-state index in [0.29, 0.717) is 6.54 Å². The van der Waals surface area contributed by atoms with Crippen LogP contribution in [0.1, 0.15) is 32.1 Å². The highest BCUT2D eigenvalue weighted by Gasteiger charge is 2.08. The molecule has 0 fully saturated rings. The van der Waals surface area contributed by atoms with Crippen LogP contribution in [0.25, 0.3) is 0 Å². The van der Waals surface area contributed by atoms with E-state index in [2.05, 4.69) is 11.4 Å². The molecule has 0 spiro atoms. The third-order valence-corrected chi connectivity index (χ3v) is 2.22. The van der Waals surface area contributed by atoms with Crippen LogP contribution < -0.4 is 5.32 Å². The molecule has 0 aliphatic heterocycles. The van der Waals surface area contributed by atoms with Crippen molar-refractivity contribution in [2.24, 2.45) is 0 Å². The van der Waals surface area contributed by atoms with E-state index in [-0.39, 0.29) is 0 Å². The molecule has 1 rings (SSSR count). The monoisotopic (exact) mass is 197 g/mol. The SMILES string of the molecule is O=C(O)CC(=O)NCCC1=CCCC1. The van der Waals surface area contributed by atoms with Crippen LogP contribution in [0.3, 0.4) is 0 Å². The predicted octanol–water partition coefficient (Wildman–Crippen LogP) is 1.08. The number of amides is 1. The van der Waals surface area contributed by atoms with Crippen molar-refractivity contribution in [3.05, 3.63) is 11.6 Å². The van der Waals surface area contributed by atoms with Gasteiger partial charge in [0.2, 0.25) is 5.91 Å². The Bertz CT molecular complexity index is 258. The van der Waals surface area contributed by atoms with E-state index in [1.54, 1.807) is 0 Å². The van der Waals surface area contributed by atoms with Crippen LogP contribution in [0.4, 0.5) is 0 Å². The van der Waals surface area contributed by atoms with Gasteiger partial charge < -0.3 is 10.4 Å². The van der Waals surface area contributed by atoms with Crippen molar-refractivity contribution in [3.63, 3.8) is 0 Å². The normalized spacial score (nSPS) is 15.0. The highest BCUT2D eigenvalue weighted by atomic mass is 16.4. The Kier molecular flexibility index (Phi) is 4.16. The number of hydrogen-bond donors (Lipinski definition) is 2.